The Balaban J connectivity index is 2.00. The van der Waals surface area contributed by atoms with Crippen LogP contribution in [0.1, 0.15) is 12.5 Å². The van der Waals surface area contributed by atoms with Gasteiger partial charge >= 0.3 is 0 Å². The van der Waals surface area contributed by atoms with Gasteiger partial charge in [0, 0.05) is 17.8 Å². The Morgan fingerprint density at radius 1 is 1.20 bits per heavy atom. The van der Waals surface area contributed by atoms with Crippen molar-refractivity contribution < 1.29 is 9.13 Å². The van der Waals surface area contributed by atoms with Gasteiger partial charge in [-0.1, -0.05) is 23.7 Å². The smallest absolute Gasteiger partial charge is 0.139 e. The minimum atomic E-state index is -0.211. The zero-order chi connectivity index (χ0) is 14.5. The summed E-state index contributed by atoms with van der Waals surface area (Å²) in [5.74, 6) is 0.433. The van der Waals surface area contributed by atoms with E-state index in [1.54, 1.807) is 25.3 Å². The van der Waals surface area contributed by atoms with Gasteiger partial charge in [0.15, 0.2) is 0 Å². The van der Waals surface area contributed by atoms with Crippen LogP contribution in [0.4, 0.5) is 10.1 Å². The highest BCUT2D eigenvalue weighted by Crippen LogP contribution is 2.27. The van der Waals surface area contributed by atoms with Gasteiger partial charge in [0.1, 0.15) is 11.6 Å². The molecule has 1 N–H and O–H groups in total. The molecule has 0 saturated carbocycles. The maximum absolute atomic E-state index is 12.9. The summed E-state index contributed by atoms with van der Waals surface area (Å²) in [6, 6.07) is 12.3. The third-order valence-corrected chi connectivity index (χ3v) is 3.33. The van der Waals surface area contributed by atoms with Gasteiger partial charge in [-0.15, -0.1) is 0 Å². The fourth-order valence-corrected chi connectivity index (χ4v) is 2.25. The minimum absolute atomic E-state index is 0.211. The predicted molar refractivity (Wildman–Crippen MR) is 81.2 cm³/mol. The van der Waals surface area contributed by atoms with Gasteiger partial charge < -0.3 is 10.1 Å². The second-order valence-electron chi connectivity index (χ2n) is 4.73. The normalized spacial score (nSPS) is 12.0. The lowest BCUT2D eigenvalue weighted by Gasteiger charge is -2.16. The number of rotatable bonds is 5. The van der Waals surface area contributed by atoms with E-state index in [2.05, 4.69) is 12.2 Å². The number of methoxy groups -OCH3 is 1. The van der Waals surface area contributed by atoms with Crippen LogP contribution in [0.3, 0.4) is 0 Å². The van der Waals surface area contributed by atoms with Crippen LogP contribution < -0.4 is 10.1 Å². The van der Waals surface area contributed by atoms with E-state index in [4.69, 9.17) is 16.3 Å². The first-order chi connectivity index (χ1) is 9.58. The van der Waals surface area contributed by atoms with Crippen LogP contribution in [0.25, 0.3) is 0 Å². The lowest BCUT2D eigenvalue weighted by atomic mass is 10.1. The Morgan fingerprint density at radius 3 is 2.55 bits per heavy atom. The summed E-state index contributed by atoms with van der Waals surface area (Å²) >= 11 is 5.99. The molecule has 0 aromatic heterocycles. The first kappa shape index (κ1) is 14.7. The fourth-order valence-electron chi connectivity index (χ4n) is 2.06. The molecule has 1 atom stereocenters. The quantitative estimate of drug-likeness (QED) is 0.874. The fraction of sp³-hybridized carbons (Fsp3) is 0.250. The standard InChI is InChI=1S/C16H17ClFNO/c1-11(9-12-3-5-13(18)6-4-12)19-14-7-8-15(17)16(10-14)20-2/h3-8,10-11,19H,9H2,1-2H3. The Hall–Kier alpha value is -1.74. The summed E-state index contributed by atoms with van der Waals surface area (Å²) in [5.41, 5.74) is 2.04. The average Bonchev–Trinajstić information content (AvgIpc) is 2.43. The third kappa shape index (κ3) is 3.87. The van der Waals surface area contributed by atoms with Crippen molar-refractivity contribution in [2.75, 3.05) is 12.4 Å². The first-order valence-electron chi connectivity index (χ1n) is 6.43. The highest BCUT2D eigenvalue weighted by Gasteiger charge is 2.06. The number of hydrogen-bond donors (Lipinski definition) is 1. The summed E-state index contributed by atoms with van der Waals surface area (Å²) in [5, 5.41) is 3.96. The molecule has 20 heavy (non-hydrogen) atoms. The van der Waals surface area contributed by atoms with Gasteiger partial charge in [0.25, 0.3) is 0 Å². The topological polar surface area (TPSA) is 21.3 Å². The van der Waals surface area contributed by atoms with E-state index in [-0.39, 0.29) is 11.9 Å². The van der Waals surface area contributed by atoms with E-state index < -0.39 is 0 Å². The highest BCUT2D eigenvalue weighted by atomic mass is 35.5. The Labute approximate surface area is 123 Å². The number of nitrogens with one attached hydrogen (secondary N) is 1. The number of ether oxygens (including phenoxy) is 1. The summed E-state index contributed by atoms with van der Waals surface area (Å²) in [4.78, 5) is 0. The Kier molecular flexibility index (Phi) is 4.85. The number of hydrogen-bond acceptors (Lipinski definition) is 2. The Morgan fingerprint density at radius 2 is 1.90 bits per heavy atom. The van der Waals surface area contributed by atoms with Crippen molar-refractivity contribution in [3.8, 4) is 5.75 Å². The van der Waals surface area contributed by atoms with Gasteiger partial charge in [-0.2, -0.15) is 0 Å². The number of benzene rings is 2. The molecule has 0 bridgehead atoms. The van der Waals surface area contributed by atoms with Crippen LogP contribution >= 0.6 is 11.6 Å². The second kappa shape index (κ2) is 6.62. The van der Waals surface area contributed by atoms with Crippen LogP contribution in [-0.2, 0) is 6.42 Å². The average molecular weight is 294 g/mol. The van der Waals surface area contributed by atoms with Crippen LogP contribution in [-0.4, -0.2) is 13.2 Å². The molecular formula is C16H17ClFNO. The van der Waals surface area contributed by atoms with Gasteiger partial charge in [-0.3, -0.25) is 0 Å². The summed E-state index contributed by atoms with van der Waals surface area (Å²) < 4.78 is 18.0. The van der Waals surface area contributed by atoms with Gasteiger partial charge in [-0.05, 0) is 43.2 Å². The summed E-state index contributed by atoms with van der Waals surface area (Å²) in [6.07, 6.45) is 0.811. The van der Waals surface area contributed by atoms with E-state index in [9.17, 15) is 4.39 Å². The Bertz CT molecular complexity index is 571. The van der Waals surface area contributed by atoms with Gasteiger partial charge in [0.05, 0.1) is 12.1 Å². The molecule has 0 radical (unpaired) electrons. The van der Waals surface area contributed by atoms with Gasteiger partial charge in [-0.25, -0.2) is 4.39 Å². The minimum Gasteiger partial charge on any atom is -0.495 e. The van der Waals surface area contributed by atoms with Crippen LogP contribution in [0.5, 0.6) is 5.75 Å². The molecular weight excluding hydrogens is 277 g/mol. The zero-order valence-corrected chi connectivity index (χ0v) is 12.2. The molecule has 0 aliphatic rings. The van der Waals surface area contributed by atoms with Crippen molar-refractivity contribution >= 4 is 17.3 Å². The molecule has 2 aromatic rings. The van der Waals surface area contributed by atoms with Gasteiger partial charge in [0.2, 0.25) is 0 Å². The van der Waals surface area contributed by atoms with E-state index in [0.29, 0.717) is 10.8 Å². The highest BCUT2D eigenvalue weighted by molar-refractivity contribution is 6.32. The maximum atomic E-state index is 12.9. The van der Waals surface area contributed by atoms with Crippen LogP contribution in [0.15, 0.2) is 42.5 Å². The number of halogens is 2. The van der Waals surface area contributed by atoms with Crippen molar-refractivity contribution in [2.45, 2.75) is 19.4 Å². The molecule has 0 aliphatic heterocycles. The van der Waals surface area contributed by atoms with Crippen LogP contribution in [0, 0.1) is 5.82 Å². The molecule has 2 aromatic carbocycles. The molecule has 0 spiro atoms. The first-order valence-corrected chi connectivity index (χ1v) is 6.81. The molecule has 2 nitrogen and oxygen atoms in total. The van der Waals surface area contributed by atoms with Crippen molar-refractivity contribution in [1.82, 2.24) is 0 Å². The molecule has 4 heteroatoms. The third-order valence-electron chi connectivity index (χ3n) is 3.02. The van der Waals surface area contributed by atoms with Crippen molar-refractivity contribution in [3.63, 3.8) is 0 Å². The molecule has 2 rings (SSSR count). The molecule has 0 heterocycles. The van der Waals surface area contributed by atoms with Crippen molar-refractivity contribution in [1.29, 1.82) is 0 Å². The lowest BCUT2D eigenvalue weighted by molar-refractivity contribution is 0.415. The SMILES string of the molecule is COc1cc(NC(C)Cc2ccc(F)cc2)ccc1Cl. The zero-order valence-electron chi connectivity index (χ0n) is 11.5. The summed E-state index contributed by atoms with van der Waals surface area (Å²) in [7, 11) is 1.59. The van der Waals surface area contributed by atoms with Crippen LogP contribution in [0.2, 0.25) is 5.02 Å². The maximum Gasteiger partial charge on any atom is 0.139 e. The second-order valence-corrected chi connectivity index (χ2v) is 5.13. The molecule has 0 amide bonds. The monoisotopic (exact) mass is 293 g/mol. The summed E-state index contributed by atoms with van der Waals surface area (Å²) in [6.45, 7) is 2.07. The molecule has 0 aliphatic carbocycles. The number of anilines is 1. The van der Waals surface area contributed by atoms with Crippen molar-refractivity contribution in [3.05, 3.63) is 58.9 Å². The van der Waals surface area contributed by atoms with E-state index >= 15 is 0 Å². The molecule has 1 unspecified atom stereocenters. The largest absolute Gasteiger partial charge is 0.495 e. The lowest BCUT2D eigenvalue weighted by Crippen LogP contribution is -2.18. The predicted octanol–water partition coefficient (Wildman–Crippen LogP) is 4.53. The van der Waals surface area contributed by atoms with E-state index in [1.165, 1.54) is 12.1 Å². The molecule has 0 saturated heterocycles. The van der Waals surface area contributed by atoms with Crippen molar-refractivity contribution in [2.24, 2.45) is 0 Å². The molecule has 0 fully saturated rings. The van der Waals surface area contributed by atoms with E-state index in [1.807, 2.05) is 12.1 Å². The molecule has 106 valence electrons. The van der Waals surface area contributed by atoms with E-state index in [0.717, 1.165) is 17.7 Å².